The van der Waals surface area contributed by atoms with E-state index in [1.54, 1.807) is 6.07 Å². The molecule has 2 heterocycles. The lowest BCUT2D eigenvalue weighted by Crippen LogP contribution is -2.26. The Morgan fingerprint density at radius 2 is 2.16 bits per heavy atom. The second kappa shape index (κ2) is 7.61. The maximum absolute atomic E-state index is 11.9. The van der Waals surface area contributed by atoms with E-state index in [2.05, 4.69) is 28.3 Å². The van der Waals surface area contributed by atoms with E-state index in [-0.39, 0.29) is 24.8 Å². The summed E-state index contributed by atoms with van der Waals surface area (Å²) in [5, 5.41) is 5.30. The lowest BCUT2D eigenvalue weighted by molar-refractivity contribution is -0.117. The number of aromatic nitrogens is 1. The third-order valence-corrected chi connectivity index (χ3v) is 3.84. The summed E-state index contributed by atoms with van der Waals surface area (Å²) in [5.74, 6) is 0.897. The Bertz CT molecular complexity index is 817. The number of fused-ring (bicyclic) bond motifs is 1. The van der Waals surface area contributed by atoms with Crippen molar-refractivity contribution in [2.75, 3.05) is 18.5 Å². The van der Waals surface area contributed by atoms with Crippen LogP contribution in [0, 0.1) is 0 Å². The van der Waals surface area contributed by atoms with Gasteiger partial charge in [-0.05, 0) is 42.0 Å². The van der Waals surface area contributed by atoms with E-state index >= 15 is 0 Å². The molecule has 0 radical (unpaired) electrons. The van der Waals surface area contributed by atoms with Gasteiger partial charge in [-0.2, -0.15) is 0 Å². The Kier molecular flexibility index (Phi) is 5.09. The largest absolute Gasteiger partial charge is 0.493 e. The summed E-state index contributed by atoms with van der Waals surface area (Å²) >= 11 is 0. The van der Waals surface area contributed by atoms with Gasteiger partial charge in [0.25, 0.3) is 0 Å². The summed E-state index contributed by atoms with van der Waals surface area (Å²) in [6.07, 6.45) is 2.24. The van der Waals surface area contributed by atoms with Gasteiger partial charge in [0.1, 0.15) is 11.6 Å². The zero-order chi connectivity index (χ0) is 17.6. The Labute approximate surface area is 145 Å². The maximum atomic E-state index is 11.9. The van der Waals surface area contributed by atoms with Crippen LogP contribution in [0.25, 0.3) is 11.3 Å². The quantitative estimate of drug-likeness (QED) is 0.793. The molecule has 0 aliphatic carbocycles. The summed E-state index contributed by atoms with van der Waals surface area (Å²) in [6, 6.07) is 11.5. The number of rotatable bonds is 6. The average Bonchev–Trinajstić information content (AvgIpc) is 3.09. The van der Waals surface area contributed by atoms with Gasteiger partial charge in [-0.15, -0.1) is 0 Å². The molecule has 128 valence electrons. The predicted octanol–water partition coefficient (Wildman–Crippen LogP) is 2.31. The van der Waals surface area contributed by atoms with Crippen LogP contribution >= 0.6 is 0 Å². The number of hydrogen-bond donors (Lipinski definition) is 2. The molecule has 0 saturated carbocycles. The SMILES string of the molecule is C=CC(=O)NCCC(=O)Nc1cccc(-c2ccc3c(c2)CCO3)n1. The molecule has 2 aromatic rings. The average molecular weight is 337 g/mol. The van der Waals surface area contributed by atoms with Crippen molar-refractivity contribution in [3.05, 3.63) is 54.6 Å². The predicted molar refractivity (Wildman–Crippen MR) is 95.3 cm³/mol. The number of amides is 2. The number of pyridine rings is 1. The third kappa shape index (κ3) is 4.23. The molecule has 1 aliphatic rings. The molecule has 0 spiro atoms. The minimum Gasteiger partial charge on any atom is -0.493 e. The molecule has 6 nitrogen and oxygen atoms in total. The Morgan fingerprint density at radius 1 is 1.28 bits per heavy atom. The van der Waals surface area contributed by atoms with Crippen LogP contribution in [0.2, 0.25) is 0 Å². The second-order valence-electron chi connectivity index (χ2n) is 5.62. The zero-order valence-electron chi connectivity index (χ0n) is 13.7. The summed E-state index contributed by atoms with van der Waals surface area (Å²) < 4.78 is 5.51. The van der Waals surface area contributed by atoms with Crippen LogP contribution in [0.4, 0.5) is 5.82 Å². The molecule has 0 atom stereocenters. The number of carbonyl (C=O) groups excluding carboxylic acids is 2. The lowest BCUT2D eigenvalue weighted by atomic mass is 10.1. The van der Waals surface area contributed by atoms with E-state index < -0.39 is 0 Å². The smallest absolute Gasteiger partial charge is 0.243 e. The van der Waals surface area contributed by atoms with Crippen LogP contribution in [0.1, 0.15) is 12.0 Å². The van der Waals surface area contributed by atoms with Gasteiger partial charge < -0.3 is 15.4 Å². The van der Waals surface area contributed by atoms with Gasteiger partial charge >= 0.3 is 0 Å². The van der Waals surface area contributed by atoms with Gasteiger partial charge in [0.2, 0.25) is 11.8 Å². The molecule has 0 unspecified atom stereocenters. The van der Waals surface area contributed by atoms with Crippen molar-refractivity contribution >= 4 is 17.6 Å². The van der Waals surface area contributed by atoms with Crippen molar-refractivity contribution in [3.8, 4) is 17.0 Å². The first-order valence-electron chi connectivity index (χ1n) is 8.09. The number of nitrogens with one attached hydrogen (secondary N) is 2. The highest BCUT2D eigenvalue weighted by molar-refractivity contribution is 5.91. The van der Waals surface area contributed by atoms with Crippen LogP contribution in [0.5, 0.6) is 5.75 Å². The molecule has 0 bridgehead atoms. The van der Waals surface area contributed by atoms with Gasteiger partial charge in [-0.3, -0.25) is 9.59 Å². The number of ether oxygens (including phenoxy) is 1. The van der Waals surface area contributed by atoms with Crippen molar-refractivity contribution in [1.29, 1.82) is 0 Å². The Balaban J connectivity index is 1.64. The first-order valence-corrected chi connectivity index (χ1v) is 8.09. The fraction of sp³-hybridized carbons (Fsp3) is 0.211. The minimum absolute atomic E-state index is 0.168. The molecule has 1 aliphatic heterocycles. The van der Waals surface area contributed by atoms with E-state index in [1.807, 2.05) is 24.3 Å². The Morgan fingerprint density at radius 3 is 3.00 bits per heavy atom. The number of benzene rings is 1. The monoisotopic (exact) mass is 337 g/mol. The molecule has 2 amide bonds. The highest BCUT2D eigenvalue weighted by Gasteiger charge is 2.13. The van der Waals surface area contributed by atoms with Gasteiger partial charge in [-0.25, -0.2) is 4.98 Å². The first-order chi connectivity index (χ1) is 12.2. The van der Waals surface area contributed by atoms with Crippen LogP contribution in [0.3, 0.4) is 0 Å². The molecule has 1 aromatic heterocycles. The van der Waals surface area contributed by atoms with Gasteiger partial charge in [-0.1, -0.05) is 12.6 Å². The number of nitrogens with zero attached hydrogens (tertiary/aromatic N) is 1. The van der Waals surface area contributed by atoms with Crippen molar-refractivity contribution in [1.82, 2.24) is 10.3 Å². The molecular formula is C19H19N3O3. The van der Waals surface area contributed by atoms with Crippen LogP contribution in [-0.2, 0) is 16.0 Å². The fourth-order valence-electron chi connectivity index (χ4n) is 2.59. The summed E-state index contributed by atoms with van der Waals surface area (Å²) in [4.78, 5) is 27.5. The van der Waals surface area contributed by atoms with E-state index in [1.165, 1.54) is 11.6 Å². The second-order valence-corrected chi connectivity index (χ2v) is 5.62. The molecule has 6 heteroatoms. The Hall–Kier alpha value is -3.15. The summed E-state index contributed by atoms with van der Waals surface area (Å²) in [5.41, 5.74) is 2.94. The van der Waals surface area contributed by atoms with Crippen LogP contribution < -0.4 is 15.4 Å². The number of hydrogen-bond acceptors (Lipinski definition) is 4. The molecular weight excluding hydrogens is 318 g/mol. The lowest BCUT2D eigenvalue weighted by Gasteiger charge is -2.08. The van der Waals surface area contributed by atoms with E-state index in [9.17, 15) is 9.59 Å². The van der Waals surface area contributed by atoms with Crippen LogP contribution in [0.15, 0.2) is 49.1 Å². The molecule has 3 rings (SSSR count). The van der Waals surface area contributed by atoms with Crippen molar-refractivity contribution in [2.24, 2.45) is 0 Å². The normalized spacial score (nSPS) is 12.0. The maximum Gasteiger partial charge on any atom is 0.243 e. The van der Waals surface area contributed by atoms with Crippen LogP contribution in [-0.4, -0.2) is 29.9 Å². The van der Waals surface area contributed by atoms with Gasteiger partial charge in [0, 0.05) is 24.9 Å². The van der Waals surface area contributed by atoms with Gasteiger partial charge in [0.05, 0.1) is 12.3 Å². The van der Waals surface area contributed by atoms with Gasteiger partial charge in [0.15, 0.2) is 0 Å². The molecule has 1 aromatic carbocycles. The molecule has 0 saturated heterocycles. The van der Waals surface area contributed by atoms with Crippen molar-refractivity contribution in [2.45, 2.75) is 12.8 Å². The summed E-state index contributed by atoms with van der Waals surface area (Å²) in [7, 11) is 0. The fourth-order valence-corrected chi connectivity index (χ4v) is 2.59. The zero-order valence-corrected chi connectivity index (χ0v) is 13.7. The highest BCUT2D eigenvalue weighted by atomic mass is 16.5. The molecule has 0 fully saturated rings. The van der Waals surface area contributed by atoms with E-state index in [4.69, 9.17) is 4.74 Å². The number of carbonyl (C=O) groups is 2. The minimum atomic E-state index is -0.298. The van der Waals surface area contributed by atoms with E-state index in [0.717, 1.165) is 23.4 Å². The van der Waals surface area contributed by atoms with E-state index in [0.29, 0.717) is 12.4 Å². The molecule has 2 N–H and O–H groups in total. The topological polar surface area (TPSA) is 80.3 Å². The third-order valence-electron chi connectivity index (χ3n) is 3.84. The van der Waals surface area contributed by atoms with Crippen molar-refractivity contribution in [3.63, 3.8) is 0 Å². The molecule has 25 heavy (non-hydrogen) atoms. The van der Waals surface area contributed by atoms with Crippen molar-refractivity contribution < 1.29 is 14.3 Å². The highest BCUT2D eigenvalue weighted by Crippen LogP contribution is 2.30. The summed E-state index contributed by atoms with van der Waals surface area (Å²) in [6.45, 7) is 4.32. The first kappa shape index (κ1) is 16.7. The number of anilines is 1. The standard InChI is InChI=1S/C19H19N3O3/c1-2-18(23)20-10-8-19(24)22-17-5-3-4-15(21-17)13-6-7-16-14(12-13)9-11-25-16/h2-7,12H,1,8-11H2,(H,20,23)(H,21,22,24).